The standard InChI is InChI=1S/C41H58N6O4S.C39H58N6O4.C36H53N5O5S2/c1-28-38(30-9-4-2-5-10-30)51-41(43-28)46-24-25-47(35(27-46)36(48)21-20-34-11-8-26-52-34)40(50)37(44-32-16-12-31(13-17-32)39(42)49)29-14-18-33(19-15-29)45-22-6-3-7-23-45;1-28(2)41-33(15-9-12-22-43-20-10-6-11-21-43)38(47)45-24-23-44(39-42-29(3)37(49-39)31-13-7-5-8-14-31)27-34(45)35(46)19-17-30-16-18-32(26-40)36(25-30)48-4;1-26-34(29-14-8-12-28(23-29)24-37)46-36(39-26)40-19-20-41(32(25-40)33(42)17-16-31-15-9-21-47-31)35(43)30(22-27-10-4-3-5-11-27)13-6-7-18-38-48(2,44)45/h2,4-5,8-11,26,28-29,31-33,35,37-38,44H,3,6-7,12-25,27H2,1H3,(H2,42,49);5,7-8,13-14,16,18,25,28-29,33-34,37,41H,6,9-12,15,17,19-24,26-27,40H2,1-4H3;8-9,12,14-15,21,23,26-27,30,32,34,38H,3-7,10-11,13,16-20,22,24-25,37H2,1-2H3/t28-,29?,31?,32?,33?,35-,37+,38+;29-,33+,34-,37+;26-,30-,32-,34+/m000/s1. The van der Waals surface area contributed by atoms with E-state index in [-0.39, 0.29) is 119 Å². The molecule has 0 radical (unpaired) electrons. The number of benzene rings is 4. The van der Waals surface area contributed by atoms with Crippen molar-refractivity contribution in [1.29, 1.82) is 0 Å². The number of piperazine rings is 3. The number of hydrogen-bond acceptors (Lipinski definition) is 27. The highest BCUT2D eigenvalue weighted by molar-refractivity contribution is 7.88. The molecule has 8 fully saturated rings. The van der Waals surface area contributed by atoms with Crippen molar-refractivity contribution in [2.45, 2.75) is 338 Å². The number of nitrogens with zero attached hydrogens (tertiary/aromatic N) is 11. The molecule has 4 aromatic carbocycles. The number of primary amides is 1. The molecule has 0 spiro atoms. The lowest BCUT2D eigenvalue weighted by atomic mass is 9.78. The summed E-state index contributed by atoms with van der Waals surface area (Å²) in [6, 6.07) is 42.4. The van der Waals surface area contributed by atoms with Gasteiger partial charge in [-0.15, -0.1) is 22.7 Å². The number of ketones is 3. The molecular formula is C116H169N17O13S3. The lowest BCUT2D eigenvalue weighted by Crippen LogP contribution is -2.64. The van der Waals surface area contributed by atoms with Gasteiger partial charge >= 0.3 is 0 Å². The SMILES string of the molecule is COc1cc(CCC(=O)[C@@H]2CN(C3=N[C@@H](C)[C@H](c4ccccc4)O3)CCN2C(=O)[C@@H](CCCCN2CCCCC2)NC(C)C)ccc1CN.C[C@@H]1N=C(N2CCN(C(=O)[C@@H](CCCCNS(C)(=O)=O)CC3CCCCC3)[C@H](C(=O)CCc3cccs3)C2)O[C@H]1c1cccc(CN)c1.C[C@@H]1N=C(N2CCN(C(=O)[C@H](NC3CCC(C(N)=O)CC3)C3CCC(N4CCCCC4)CC3)[C@H](C(=O)CCc3cccs3)C2)O[C@H]1c1ccccc1. The second-order valence-corrected chi connectivity index (χ2v) is 47.8. The molecule has 8 aliphatic heterocycles. The molecule has 3 aliphatic carbocycles. The average molecular weight is 2110 g/mol. The van der Waals surface area contributed by atoms with Gasteiger partial charge in [0, 0.05) is 143 Å². The fourth-order valence-electron chi connectivity index (χ4n) is 24.3. The molecule has 3 saturated carbocycles. The number of likely N-dealkylation sites (tertiary alicyclic amines) is 2. The summed E-state index contributed by atoms with van der Waals surface area (Å²) in [6.07, 6.45) is 30.3. The number of thiophene rings is 2. The van der Waals surface area contributed by atoms with Crippen molar-refractivity contribution in [3.05, 3.63) is 181 Å². The zero-order chi connectivity index (χ0) is 105. The lowest BCUT2D eigenvalue weighted by Gasteiger charge is -2.45. The Morgan fingerprint density at radius 1 is 0.497 bits per heavy atom. The molecule has 30 nitrogen and oxygen atoms in total. The van der Waals surface area contributed by atoms with E-state index in [2.05, 4.69) is 105 Å². The number of piperidine rings is 2. The first-order chi connectivity index (χ1) is 72.2. The molecule has 11 aliphatic rings. The fraction of sp³-hybridized carbons (Fsp3) is 0.638. The summed E-state index contributed by atoms with van der Waals surface area (Å²) in [5, 5.41) is 11.5. The molecular weight excluding hydrogens is 1940 g/mol. The summed E-state index contributed by atoms with van der Waals surface area (Å²) in [7, 11) is -1.61. The molecule has 149 heavy (non-hydrogen) atoms. The number of nitrogens with two attached hydrogens (primary N) is 3. The van der Waals surface area contributed by atoms with E-state index in [4.69, 9.17) is 51.1 Å². The highest BCUT2D eigenvalue weighted by Gasteiger charge is 2.48. The van der Waals surface area contributed by atoms with Gasteiger partial charge in [-0.3, -0.25) is 33.6 Å². The number of aliphatic imine (C=N–C) groups is 3. The molecule has 17 rings (SSSR count). The van der Waals surface area contributed by atoms with Crippen LogP contribution < -0.4 is 37.3 Å². The van der Waals surface area contributed by atoms with E-state index < -0.39 is 28.1 Å². The maximum absolute atomic E-state index is 15.0. The van der Waals surface area contributed by atoms with Crippen LogP contribution in [-0.2, 0) is 90.1 Å². The minimum Gasteiger partial charge on any atom is -0.496 e. The number of methoxy groups -OCH3 is 1. The van der Waals surface area contributed by atoms with Gasteiger partial charge in [0.05, 0.1) is 43.6 Å². The highest BCUT2D eigenvalue weighted by atomic mass is 32.2. The van der Waals surface area contributed by atoms with Crippen LogP contribution in [0.5, 0.6) is 5.75 Å². The first kappa shape index (κ1) is 114. The second kappa shape index (κ2) is 56.3. The van der Waals surface area contributed by atoms with Crippen LogP contribution in [0, 0.1) is 23.7 Å². The summed E-state index contributed by atoms with van der Waals surface area (Å²) in [5.41, 5.74) is 23.6. The Morgan fingerprint density at radius 2 is 1.00 bits per heavy atom. The monoisotopic (exact) mass is 2100 g/mol. The minimum atomic E-state index is -3.25. The van der Waals surface area contributed by atoms with Gasteiger partial charge in [0.25, 0.3) is 18.1 Å². The van der Waals surface area contributed by atoms with Crippen LogP contribution in [0.15, 0.2) is 153 Å². The van der Waals surface area contributed by atoms with Crippen LogP contribution in [0.3, 0.4) is 0 Å². The van der Waals surface area contributed by atoms with Gasteiger partial charge in [-0.25, -0.2) is 28.1 Å². The van der Waals surface area contributed by atoms with Crippen LogP contribution in [0.1, 0.15) is 282 Å². The molecule has 10 heterocycles. The van der Waals surface area contributed by atoms with Gasteiger partial charge in [-0.05, 0) is 251 Å². The summed E-state index contributed by atoms with van der Waals surface area (Å²) in [6.45, 7) is 21.4. The maximum Gasteiger partial charge on any atom is 0.288 e. The van der Waals surface area contributed by atoms with E-state index in [1.54, 1.807) is 29.8 Å². The van der Waals surface area contributed by atoms with Gasteiger partial charge in [0.2, 0.25) is 33.7 Å². The number of aryl methyl sites for hydroxylation is 3. The fourth-order valence-corrected chi connectivity index (χ4v) is 26.2. The largest absolute Gasteiger partial charge is 0.496 e. The highest BCUT2D eigenvalue weighted by Crippen LogP contribution is 2.41. The number of amides is 4. The minimum absolute atomic E-state index is 0.0171. The Labute approximate surface area is 893 Å². The first-order valence-electron chi connectivity index (χ1n) is 56.2. The van der Waals surface area contributed by atoms with Gasteiger partial charge in [0.15, 0.2) is 17.3 Å². The van der Waals surface area contributed by atoms with Crippen LogP contribution >= 0.6 is 22.7 Å². The zero-order valence-corrected chi connectivity index (χ0v) is 92.0. The molecule has 9 N–H and O–H groups in total. The molecule has 2 aromatic heterocycles. The smallest absolute Gasteiger partial charge is 0.288 e. The number of amidine groups is 3. The Kier molecular flexibility index (Phi) is 42.9. The molecule has 0 unspecified atom stereocenters. The number of ether oxygens (including phenoxy) is 4. The van der Waals surface area contributed by atoms with Crippen molar-refractivity contribution in [2.24, 2.45) is 55.8 Å². The van der Waals surface area contributed by atoms with Gasteiger partial charge < -0.3 is 86.0 Å². The summed E-state index contributed by atoms with van der Waals surface area (Å²) >= 11 is 3.31. The Hall–Kier alpha value is -9.55. The number of carbonyl (C=O) groups excluding carboxylic acids is 7. The number of unbranched alkanes of at least 4 members (excludes halogenated alkanes) is 2. The molecule has 12 atom stereocenters. The predicted octanol–water partition coefficient (Wildman–Crippen LogP) is 15.1. The quantitative estimate of drug-likeness (QED) is 0.0194. The van der Waals surface area contributed by atoms with Gasteiger partial charge in [-0.2, -0.15) is 0 Å². The molecule has 4 amide bonds. The number of carbonyl (C=O) groups is 7. The van der Waals surface area contributed by atoms with Crippen LogP contribution in [-0.4, -0.2) is 285 Å². The Bertz CT molecular complexity index is 5450. The van der Waals surface area contributed by atoms with E-state index in [0.717, 1.165) is 147 Å². The molecule has 5 saturated heterocycles. The lowest BCUT2D eigenvalue weighted by molar-refractivity contribution is -0.146. The Morgan fingerprint density at radius 3 is 1.50 bits per heavy atom. The van der Waals surface area contributed by atoms with E-state index in [9.17, 15) is 37.2 Å². The number of Topliss-reactive ketones (excluding diaryl/α,β-unsaturated/α-hetero) is 3. The van der Waals surface area contributed by atoms with Crippen molar-refractivity contribution in [2.75, 3.05) is 112 Å². The molecule has 0 bridgehead atoms. The third-order valence-electron chi connectivity index (χ3n) is 32.7. The van der Waals surface area contributed by atoms with Gasteiger partial charge in [0.1, 0.15) is 42.2 Å². The Balaban J connectivity index is 0.000000167. The number of nitrogens with one attached hydrogen (secondary N) is 3. The second-order valence-electron chi connectivity index (χ2n) is 43.9. The molecule has 814 valence electrons. The predicted molar refractivity (Wildman–Crippen MR) is 591 cm³/mol. The van der Waals surface area contributed by atoms with Crippen molar-refractivity contribution < 1.29 is 60.9 Å². The third kappa shape index (κ3) is 32.1. The number of sulfonamides is 1. The van der Waals surface area contributed by atoms with Crippen molar-refractivity contribution >= 4 is 91.7 Å². The van der Waals surface area contributed by atoms with Crippen molar-refractivity contribution in [3.63, 3.8) is 0 Å². The van der Waals surface area contributed by atoms with Crippen LogP contribution in [0.2, 0.25) is 0 Å². The van der Waals surface area contributed by atoms with Crippen molar-refractivity contribution in [1.82, 2.24) is 54.6 Å². The topological polar surface area (TPSA) is 368 Å². The average Bonchev–Trinajstić information content (AvgIpc) is 1.59. The van der Waals surface area contributed by atoms with Gasteiger partial charge in [-0.1, -0.05) is 181 Å². The molecule has 6 aromatic rings. The van der Waals surface area contributed by atoms with E-state index >= 15 is 4.79 Å². The van der Waals surface area contributed by atoms with E-state index in [1.807, 2.05) is 122 Å². The van der Waals surface area contributed by atoms with E-state index in [0.29, 0.717) is 160 Å². The summed E-state index contributed by atoms with van der Waals surface area (Å²) in [5.74, 6) is 1.27. The third-order valence-corrected chi connectivity index (χ3v) is 35.3. The van der Waals surface area contributed by atoms with Crippen LogP contribution in [0.4, 0.5) is 0 Å². The van der Waals surface area contributed by atoms with E-state index in [1.165, 1.54) is 95.1 Å². The first-order valence-corrected chi connectivity index (χ1v) is 59.9. The van der Waals surface area contributed by atoms with Crippen molar-refractivity contribution in [3.8, 4) is 5.75 Å². The number of hydrogen-bond donors (Lipinski definition) is 6. The zero-order valence-electron chi connectivity index (χ0n) is 89.5. The molecule has 33 heteroatoms. The maximum atomic E-state index is 15.0. The summed E-state index contributed by atoms with van der Waals surface area (Å²) in [4.78, 5) is 132. The number of rotatable bonds is 41. The summed E-state index contributed by atoms with van der Waals surface area (Å²) < 4.78 is 50.6. The van der Waals surface area contributed by atoms with Crippen LogP contribution in [0.25, 0.3) is 0 Å². The normalized spacial score (nSPS) is 25.3.